The largest absolute Gasteiger partial charge is 0.482 e. The number of aliphatic hydroxyl groups excluding tert-OH is 2. The third-order valence-corrected chi connectivity index (χ3v) is 4.69. The van der Waals surface area contributed by atoms with Gasteiger partial charge in [0, 0.05) is 10.0 Å². The van der Waals surface area contributed by atoms with Gasteiger partial charge in [-0.1, -0.05) is 46.4 Å². The molecule has 0 bridgehead atoms. The van der Waals surface area contributed by atoms with Crippen molar-refractivity contribution in [3.8, 4) is 11.5 Å². The van der Waals surface area contributed by atoms with Gasteiger partial charge in [0.05, 0.1) is 10.0 Å². The lowest BCUT2D eigenvalue weighted by Crippen LogP contribution is -2.39. The number of carboxylic acids is 2. The van der Waals surface area contributed by atoms with Gasteiger partial charge in [-0.15, -0.1) is 0 Å². The molecule has 0 heterocycles. The molecule has 2 amide bonds. The molecular weight excluding hydrogens is 598 g/mol. The zero-order valence-corrected chi connectivity index (χ0v) is 22.0. The Morgan fingerprint density at radius 2 is 1.03 bits per heavy atom. The average molecular weight is 620 g/mol. The number of nitrogens with two attached hydrogens (primary N) is 2. The topological polar surface area (TPSA) is 244 Å². The Hall–Kier alpha value is -3.08. The van der Waals surface area contributed by atoms with Crippen LogP contribution in [-0.4, -0.2) is 69.6 Å². The number of carbonyl (C=O) groups excluding carboxylic acids is 2. The molecular formula is C20H22Cl4N4O10. The first-order valence-electron chi connectivity index (χ1n) is 9.69. The third kappa shape index (κ3) is 14.0. The van der Waals surface area contributed by atoms with E-state index in [1.807, 2.05) is 10.9 Å². The number of aliphatic carboxylic acids is 2. The minimum Gasteiger partial charge on any atom is -0.482 e. The molecule has 2 atom stereocenters. The van der Waals surface area contributed by atoms with Gasteiger partial charge in [0.1, 0.15) is 11.5 Å². The van der Waals surface area contributed by atoms with Gasteiger partial charge in [0.2, 0.25) is 0 Å². The van der Waals surface area contributed by atoms with E-state index in [-0.39, 0.29) is 13.2 Å². The number of nitrogens with one attached hydrogen (secondary N) is 2. The minimum atomic E-state index is -2.27. The molecule has 0 radical (unpaired) electrons. The van der Waals surface area contributed by atoms with Crippen molar-refractivity contribution in [1.82, 2.24) is 10.9 Å². The van der Waals surface area contributed by atoms with Crippen LogP contribution in [0, 0.1) is 0 Å². The first-order chi connectivity index (χ1) is 17.7. The quantitative estimate of drug-likeness (QED) is 0.109. The van der Waals surface area contributed by atoms with E-state index in [9.17, 15) is 19.2 Å². The summed E-state index contributed by atoms with van der Waals surface area (Å²) < 4.78 is 10.1. The van der Waals surface area contributed by atoms with E-state index < -0.39 is 36.0 Å². The monoisotopic (exact) mass is 618 g/mol. The average Bonchev–Trinajstić information content (AvgIpc) is 2.86. The number of hydrogen-bond donors (Lipinski definition) is 8. The number of hydrazine groups is 2. The SMILES string of the molecule is NNC(=O)COc1ccc(Cl)cc1Cl.NNC(=O)COc1ccc(Cl)cc1Cl.O=C(O)C(O)C(O)C(=O)O. The normalized spacial score (nSPS) is 11.3. The Kier molecular flexibility index (Phi) is 16.7. The van der Waals surface area contributed by atoms with Crippen molar-refractivity contribution < 1.29 is 49.1 Å². The summed E-state index contributed by atoms with van der Waals surface area (Å²) >= 11 is 22.9. The summed E-state index contributed by atoms with van der Waals surface area (Å²) in [6.45, 7) is -0.365. The molecule has 18 heteroatoms. The molecule has 0 aliphatic heterocycles. The summed E-state index contributed by atoms with van der Waals surface area (Å²) in [5.74, 6) is 6.10. The predicted molar refractivity (Wildman–Crippen MR) is 136 cm³/mol. The van der Waals surface area contributed by atoms with Crippen LogP contribution in [0.2, 0.25) is 20.1 Å². The van der Waals surface area contributed by atoms with Crippen molar-refractivity contribution in [2.45, 2.75) is 12.2 Å². The molecule has 0 saturated carbocycles. The van der Waals surface area contributed by atoms with E-state index in [1.54, 1.807) is 24.3 Å². The smallest absolute Gasteiger partial charge is 0.335 e. The van der Waals surface area contributed by atoms with E-state index in [2.05, 4.69) is 0 Å². The molecule has 38 heavy (non-hydrogen) atoms. The van der Waals surface area contributed by atoms with Crippen molar-refractivity contribution in [2.75, 3.05) is 13.2 Å². The van der Waals surface area contributed by atoms with Gasteiger partial charge in [-0.2, -0.15) is 0 Å². The number of ether oxygens (including phenoxy) is 2. The number of benzene rings is 2. The minimum absolute atomic E-state index is 0.183. The van der Waals surface area contributed by atoms with E-state index in [0.29, 0.717) is 31.6 Å². The molecule has 2 unspecified atom stereocenters. The second-order valence-electron chi connectivity index (χ2n) is 6.43. The number of carbonyl (C=O) groups is 4. The molecule has 2 rings (SSSR count). The Labute approximate surface area is 234 Å². The van der Waals surface area contributed by atoms with Crippen LogP contribution in [0.15, 0.2) is 36.4 Å². The van der Waals surface area contributed by atoms with E-state index in [0.717, 1.165) is 0 Å². The number of hydrogen-bond acceptors (Lipinski definition) is 10. The van der Waals surface area contributed by atoms with Crippen molar-refractivity contribution in [1.29, 1.82) is 0 Å². The zero-order valence-electron chi connectivity index (χ0n) is 18.9. The van der Waals surface area contributed by atoms with Gasteiger partial charge >= 0.3 is 11.9 Å². The van der Waals surface area contributed by atoms with Crippen LogP contribution in [0.5, 0.6) is 11.5 Å². The second-order valence-corrected chi connectivity index (χ2v) is 8.12. The fourth-order valence-corrected chi connectivity index (χ4v) is 2.75. The van der Waals surface area contributed by atoms with E-state index in [4.69, 9.17) is 88.0 Å². The maximum atomic E-state index is 10.7. The van der Waals surface area contributed by atoms with Crippen LogP contribution in [-0.2, 0) is 19.2 Å². The third-order valence-electron chi connectivity index (χ3n) is 3.63. The molecule has 0 spiro atoms. The van der Waals surface area contributed by atoms with Crippen LogP contribution in [0.4, 0.5) is 0 Å². The molecule has 0 fully saturated rings. The summed E-state index contributed by atoms with van der Waals surface area (Å²) in [6, 6.07) is 9.44. The second kappa shape index (κ2) is 18.2. The van der Waals surface area contributed by atoms with Crippen LogP contribution in [0.25, 0.3) is 0 Å². The van der Waals surface area contributed by atoms with Crippen LogP contribution >= 0.6 is 46.4 Å². The van der Waals surface area contributed by atoms with Crippen LogP contribution in [0.3, 0.4) is 0 Å². The van der Waals surface area contributed by atoms with Crippen molar-refractivity contribution in [2.24, 2.45) is 11.7 Å². The lowest BCUT2D eigenvalue weighted by molar-refractivity contribution is -0.165. The van der Waals surface area contributed by atoms with Crippen LogP contribution in [0.1, 0.15) is 0 Å². The van der Waals surface area contributed by atoms with E-state index in [1.165, 1.54) is 12.1 Å². The Morgan fingerprint density at radius 1 is 0.711 bits per heavy atom. The van der Waals surface area contributed by atoms with Gasteiger partial charge in [0.25, 0.3) is 11.8 Å². The summed E-state index contributed by atoms with van der Waals surface area (Å²) in [5.41, 5.74) is 3.87. The lowest BCUT2D eigenvalue weighted by Gasteiger charge is -2.07. The number of rotatable bonds is 9. The molecule has 2 aromatic carbocycles. The molecule has 14 nitrogen and oxygen atoms in total. The Bertz CT molecular complexity index is 1020. The molecule has 0 aromatic heterocycles. The fourth-order valence-electron chi connectivity index (χ4n) is 1.82. The lowest BCUT2D eigenvalue weighted by atomic mass is 10.2. The fraction of sp³-hybridized carbons (Fsp3) is 0.200. The highest BCUT2D eigenvalue weighted by Crippen LogP contribution is 2.28. The molecule has 2 aromatic rings. The highest BCUT2D eigenvalue weighted by Gasteiger charge is 2.29. The number of carboxylic acid groups (broad SMARTS) is 2. The molecule has 0 aliphatic rings. The highest BCUT2D eigenvalue weighted by atomic mass is 35.5. The molecule has 210 valence electrons. The van der Waals surface area contributed by atoms with Gasteiger partial charge in [0.15, 0.2) is 25.4 Å². The first-order valence-corrected chi connectivity index (χ1v) is 11.2. The first kappa shape index (κ1) is 34.9. The Morgan fingerprint density at radius 3 is 1.26 bits per heavy atom. The maximum absolute atomic E-state index is 10.7. The van der Waals surface area contributed by atoms with Gasteiger partial charge in [-0.3, -0.25) is 20.4 Å². The number of aliphatic hydroxyl groups is 2. The maximum Gasteiger partial charge on any atom is 0.335 e. The van der Waals surface area contributed by atoms with Crippen molar-refractivity contribution >= 4 is 70.2 Å². The summed E-state index contributed by atoms with van der Waals surface area (Å²) in [5, 5.41) is 34.2. The summed E-state index contributed by atoms with van der Waals surface area (Å²) in [4.78, 5) is 41.0. The molecule has 0 aliphatic carbocycles. The van der Waals surface area contributed by atoms with Crippen molar-refractivity contribution in [3.05, 3.63) is 56.5 Å². The summed E-state index contributed by atoms with van der Waals surface area (Å²) in [6.07, 6.45) is -4.53. The van der Waals surface area contributed by atoms with Gasteiger partial charge in [-0.05, 0) is 36.4 Å². The van der Waals surface area contributed by atoms with Crippen LogP contribution < -0.4 is 32.0 Å². The summed E-state index contributed by atoms with van der Waals surface area (Å²) in [7, 11) is 0. The standard InChI is InChI=1S/2C8H8Cl2N2O2.C4H6O6/c2*9-5-1-2-7(6(10)3-5)14-4-8(13)12-11;5-1(3(7)8)2(6)4(9)10/h2*1-3H,4,11H2,(H,12,13);1-2,5-6H,(H,7,8)(H,9,10). The molecule has 0 saturated heterocycles. The van der Waals surface area contributed by atoms with Gasteiger partial charge in [-0.25, -0.2) is 21.3 Å². The predicted octanol–water partition coefficient (Wildman–Crippen LogP) is 0.602. The van der Waals surface area contributed by atoms with Crippen molar-refractivity contribution in [3.63, 3.8) is 0 Å². The Balaban J connectivity index is 0.000000551. The molecule has 10 N–H and O–H groups in total. The van der Waals surface area contributed by atoms with E-state index >= 15 is 0 Å². The number of amides is 2. The van der Waals surface area contributed by atoms with Gasteiger partial charge < -0.3 is 29.9 Å². The zero-order chi connectivity index (χ0) is 29.4. The highest BCUT2D eigenvalue weighted by molar-refractivity contribution is 6.36. The number of halogens is 4.